The summed E-state index contributed by atoms with van der Waals surface area (Å²) in [5, 5.41) is 2.70. The van der Waals surface area contributed by atoms with Crippen LogP contribution in [-0.2, 0) is 14.8 Å². The molecule has 0 saturated heterocycles. The summed E-state index contributed by atoms with van der Waals surface area (Å²) in [6, 6.07) is 0. The summed E-state index contributed by atoms with van der Waals surface area (Å²) in [6.07, 6.45) is 3.75. The molecule has 0 fully saturated rings. The molecule has 0 aromatic heterocycles. The largest absolute Gasteiger partial charge is 0.355 e. The van der Waals surface area contributed by atoms with Crippen LogP contribution in [0.2, 0.25) is 0 Å². The summed E-state index contributed by atoms with van der Waals surface area (Å²) in [7, 11) is -3.28. The van der Waals surface area contributed by atoms with Crippen LogP contribution >= 0.6 is 0 Å². The maximum absolute atomic E-state index is 11.4. The topological polar surface area (TPSA) is 66.5 Å². The number of hydrogen-bond acceptors (Lipinski definition) is 3. The second-order valence-electron chi connectivity index (χ2n) is 3.80. The fraction of sp³-hybridized carbons (Fsp3) is 0.900. The zero-order chi connectivity index (χ0) is 12.6. The van der Waals surface area contributed by atoms with Crippen LogP contribution in [-0.4, -0.2) is 44.5 Å². The molecule has 0 aromatic carbocycles. The van der Waals surface area contributed by atoms with Gasteiger partial charge >= 0.3 is 0 Å². The van der Waals surface area contributed by atoms with E-state index >= 15 is 0 Å². The Bertz CT molecular complexity index is 301. The van der Waals surface area contributed by atoms with E-state index in [1.165, 1.54) is 4.31 Å². The average molecular weight is 250 g/mol. The molecule has 0 saturated carbocycles. The molecule has 6 heteroatoms. The van der Waals surface area contributed by atoms with E-state index in [4.69, 9.17) is 0 Å². The Morgan fingerprint density at radius 3 is 2.31 bits per heavy atom. The molecule has 5 nitrogen and oxygen atoms in total. The molecule has 0 aliphatic carbocycles. The monoisotopic (exact) mass is 250 g/mol. The van der Waals surface area contributed by atoms with E-state index in [0.717, 1.165) is 19.1 Å². The lowest BCUT2D eigenvalue weighted by Gasteiger charge is -2.18. The summed E-state index contributed by atoms with van der Waals surface area (Å²) in [5.74, 6) is -0.229. The van der Waals surface area contributed by atoms with Crippen LogP contribution in [0.1, 0.15) is 33.1 Å². The Morgan fingerprint density at radius 1 is 1.25 bits per heavy atom. The average Bonchev–Trinajstić information content (AvgIpc) is 2.16. The lowest BCUT2D eigenvalue weighted by molar-refractivity contribution is -0.121. The normalized spacial score (nSPS) is 11.8. The number of nitrogens with zero attached hydrogens (tertiary/aromatic N) is 1. The van der Waals surface area contributed by atoms with E-state index in [-0.39, 0.29) is 12.5 Å². The third-order valence-electron chi connectivity index (χ3n) is 2.11. The Balaban J connectivity index is 4.14. The second-order valence-corrected chi connectivity index (χ2v) is 5.78. The molecule has 0 bridgehead atoms. The molecule has 1 N–H and O–H groups in total. The standard InChI is InChI=1S/C10H22N2O3S/c1-4-6-7-11-10(13)9-12(8-5-2)16(3,14)15/h4-9H2,1-3H3,(H,11,13). The summed E-state index contributed by atoms with van der Waals surface area (Å²) >= 11 is 0. The number of amides is 1. The van der Waals surface area contributed by atoms with Gasteiger partial charge in [0.1, 0.15) is 0 Å². The van der Waals surface area contributed by atoms with Gasteiger partial charge in [-0.2, -0.15) is 4.31 Å². The van der Waals surface area contributed by atoms with E-state index in [0.29, 0.717) is 19.5 Å². The van der Waals surface area contributed by atoms with Gasteiger partial charge in [0.15, 0.2) is 0 Å². The number of carbonyl (C=O) groups excluding carboxylic acids is 1. The lowest BCUT2D eigenvalue weighted by Crippen LogP contribution is -2.40. The van der Waals surface area contributed by atoms with E-state index in [2.05, 4.69) is 5.32 Å². The van der Waals surface area contributed by atoms with Gasteiger partial charge in [-0.05, 0) is 12.8 Å². The molecule has 0 rings (SSSR count). The number of sulfonamides is 1. The molecule has 0 atom stereocenters. The van der Waals surface area contributed by atoms with Crippen molar-refractivity contribution in [1.82, 2.24) is 9.62 Å². The van der Waals surface area contributed by atoms with Gasteiger partial charge in [-0.15, -0.1) is 0 Å². The van der Waals surface area contributed by atoms with Crippen molar-refractivity contribution in [3.63, 3.8) is 0 Å². The number of unbranched alkanes of at least 4 members (excludes halogenated alkanes) is 1. The maximum Gasteiger partial charge on any atom is 0.235 e. The predicted molar refractivity (Wildman–Crippen MR) is 64.6 cm³/mol. The van der Waals surface area contributed by atoms with Gasteiger partial charge in [0.2, 0.25) is 15.9 Å². The van der Waals surface area contributed by atoms with Crippen LogP contribution in [0.15, 0.2) is 0 Å². The van der Waals surface area contributed by atoms with Crippen molar-refractivity contribution in [2.75, 3.05) is 25.9 Å². The van der Waals surface area contributed by atoms with Gasteiger partial charge in [-0.25, -0.2) is 8.42 Å². The number of carbonyl (C=O) groups is 1. The summed E-state index contributed by atoms with van der Waals surface area (Å²) in [6.45, 7) is 4.84. The molecule has 0 aliphatic heterocycles. The quantitative estimate of drug-likeness (QED) is 0.641. The van der Waals surface area contributed by atoms with Crippen LogP contribution in [0.25, 0.3) is 0 Å². The zero-order valence-corrected chi connectivity index (χ0v) is 11.1. The highest BCUT2D eigenvalue weighted by molar-refractivity contribution is 7.88. The van der Waals surface area contributed by atoms with Crippen molar-refractivity contribution in [3.8, 4) is 0 Å². The minimum absolute atomic E-state index is 0.0730. The fourth-order valence-corrected chi connectivity index (χ4v) is 2.10. The molecule has 96 valence electrons. The highest BCUT2D eigenvalue weighted by atomic mass is 32.2. The van der Waals surface area contributed by atoms with Crippen molar-refractivity contribution < 1.29 is 13.2 Å². The molecule has 1 amide bonds. The first-order chi connectivity index (χ1) is 7.41. The minimum Gasteiger partial charge on any atom is -0.355 e. The Labute approximate surface area is 98.3 Å². The van der Waals surface area contributed by atoms with Gasteiger partial charge in [0.25, 0.3) is 0 Å². The van der Waals surface area contributed by atoms with Gasteiger partial charge in [-0.3, -0.25) is 4.79 Å². The van der Waals surface area contributed by atoms with Gasteiger partial charge in [0, 0.05) is 13.1 Å². The molecule has 0 heterocycles. The van der Waals surface area contributed by atoms with Gasteiger partial charge in [-0.1, -0.05) is 20.3 Å². The van der Waals surface area contributed by atoms with Crippen molar-refractivity contribution in [2.24, 2.45) is 0 Å². The van der Waals surface area contributed by atoms with Crippen LogP contribution < -0.4 is 5.32 Å². The third-order valence-corrected chi connectivity index (χ3v) is 3.36. The molecule has 0 radical (unpaired) electrons. The van der Waals surface area contributed by atoms with E-state index in [1.807, 2.05) is 13.8 Å². The predicted octanol–water partition coefficient (Wildman–Crippen LogP) is 0.574. The molecular weight excluding hydrogens is 228 g/mol. The first-order valence-electron chi connectivity index (χ1n) is 5.63. The van der Waals surface area contributed by atoms with E-state index in [1.54, 1.807) is 0 Å². The van der Waals surface area contributed by atoms with Crippen LogP contribution in [0.4, 0.5) is 0 Å². The smallest absolute Gasteiger partial charge is 0.235 e. The Hall–Kier alpha value is -0.620. The summed E-state index contributed by atoms with van der Waals surface area (Å²) in [5.41, 5.74) is 0. The molecule has 0 aromatic rings. The minimum atomic E-state index is -3.28. The van der Waals surface area contributed by atoms with Gasteiger partial charge < -0.3 is 5.32 Å². The Morgan fingerprint density at radius 2 is 1.88 bits per heavy atom. The van der Waals surface area contributed by atoms with Crippen molar-refractivity contribution >= 4 is 15.9 Å². The van der Waals surface area contributed by atoms with Gasteiger partial charge in [0.05, 0.1) is 12.8 Å². The van der Waals surface area contributed by atoms with E-state index in [9.17, 15) is 13.2 Å². The molecular formula is C10H22N2O3S. The molecule has 0 spiro atoms. The van der Waals surface area contributed by atoms with Crippen molar-refractivity contribution in [3.05, 3.63) is 0 Å². The van der Waals surface area contributed by atoms with E-state index < -0.39 is 10.0 Å². The maximum atomic E-state index is 11.4. The lowest BCUT2D eigenvalue weighted by atomic mass is 10.3. The fourth-order valence-electron chi connectivity index (χ4n) is 1.23. The Kier molecular flexibility index (Phi) is 7.33. The van der Waals surface area contributed by atoms with Crippen LogP contribution in [0.5, 0.6) is 0 Å². The summed E-state index contributed by atoms with van der Waals surface area (Å²) in [4.78, 5) is 11.4. The van der Waals surface area contributed by atoms with Crippen LogP contribution in [0.3, 0.4) is 0 Å². The molecule has 0 unspecified atom stereocenters. The third kappa shape index (κ3) is 6.79. The number of nitrogens with one attached hydrogen (secondary N) is 1. The molecule has 0 aliphatic rings. The number of rotatable bonds is 8. The highest BCUT2D eigenvalue weighted by Crippen LogP contribution is 1.98. The highest BCUT2D eigenvalue weighted by Gasteiger charge is 2.18. The van der Waals surface area contributed by atoms with Crippen LogP contribution in [0, 0.1) is 0 Å². The zero-order valence-electron chi connectivity index (χ0n) is 10.3. The van der Waals surface area contributed by atoms with Crippen molar-refractivity contribution in [2.45, 2.75) is 33.1 Å². The number of hydrogen-bond donors (Lipinski definition) is 1. The van der Waals surface area contributed by atoms with Crippen molar-refractivity contribution in [1.29, 1.82) is 0 Å². The summed E-state index contributed by atoms with van der Waals surface area (Å²) < 4.78 is 23.9. The SMILES string of the molecule is CCCCNC(=O)CN(CCC)S(C)(=O)=O. The first-order valence-corrected chi connectivity index (χ1v) is 7.48. The first kappa shape index (κ1) is 15.4. The second kappa shape index (κ2) is 7.62. The molecule has 16 heavy (non-hydrogen) atoms.